The van der Waals surface area contributed by atoms with E-state index in [1.165, 1.54) is 17.3 Å². The van der Waals surface area contributed by atoms with Crippen molar-refractivity contribution in [2.45, 2.75) is 11.6 Å². The Kier molecular flexibility index (Phi) is 6.59. The van der Waals surface area contributed by atoms with Crippen LogP contribution < -0.4 is 10.1 Å². The standard InChI is InChI=1S/C23H20N4O3S/c1-29-20-8-4-18(5-9-20)22-26-27-23(30-22)31-15-21(28)25-19-6-2-16(3-7-19)14-17-10-12-24-13-11-17/h2-13H,14-15H2,1H3,(H,25,28). The quantitative estimate of drug-likeness (QED) is 0.411. The zero-order valence-electron chi connectivity index (χ0n) is 16.8. The second-order valence-electron chi connectivity index (χ2n) is 6.67. The highest BCUT2D eigenvalue weighted by Gasteiger charge is 2.12. The summed E-state index contributed by atoms with van der Waals surface area (Å²) in [5.41, 5.74) is 3.89. The smallest absolute Gasteiger partial charge is 0.277 e. The normalized spacial score (nSPS) is 10.6. The number of amides is 1. The van der Waals surface area contributed by atoms with Gasteiger partial charge >= 0.3 is 0 Å². The van der Waals surface area contributed by atoms with Crippen molar-refractivity contribution in [2.75, 3.05) is 18.2 Å². The Morgan fingerprint density at radius 2 is 1.68 bits per heavy atom. The number of nitrogens with one attached hydrogen (secondary N) is 1. The summed E-state index contributed by atoms with van der Waals surface area (Å²) in [7, 11) is 1.61. The van der Waals surface area contributed by atoms with Gasteiger partial charge in [0.1, 0.15) is 5.75 Å². The first-order valence-electron chi connectivity index (χ1n) is 9.58. The van der Waals surface area contributed by atoms with E-state index in [9.17, 15) is 4.79 Å². The predicted octanol–water partition coefficient (Wildman–Crippen LogP) is 4.46. The molecule has 0 radical (unpaired) electrons. The number of ether oxygens (including phenoxy) is 1. The highest BCUT2D eigenvalue weighted by molar-refractivity contribution is 7.99. The van der Waals surface area contributed by atoms with Crippen molar-refractivity contribution in [3.8, 4) is 17.2 Å². The molecule has 31 heavy (non-hydrogen) atoms. The van der Waals surface area contributed by atoms with Crippen LogP contribution in [0.5, 0.6) is 5.75 Å². The van der Waals surface area contributed by atoms with Crippen LogP contribution >= 0.6 is 11.8 Å². The Morgan fingerprint density at radius 1 is 0.968 bits per heavy atom. The first kappa shape index (κ1) is 20.6. The van der Waals surface area contributed by atoms with Gasteiger partial charge in [-0.15, -0.1) is 10.2 Å². The van der Waals surface area contributed by atoms with Crippen molar-refractivity contribution in [3.63, 3.8) is 0 Å². The molecule has 0 saturated carbocycles. The van der Waals surface area contributed by atoms with Gasteiger partial charge in [0.15, 0.2) is 0 Å². The van der Waals surface area contributed by atoms with Gasteiger partial charge in [0.2, 0.25) is 11.8 Å². The van der Waals surface area contributed by atoms with Crippen molar-refractivity contribution in [2.24, 2.45) is 0 Å². The van der Waals surface area contributed by atoms with Gasteiger partial charge in [0.05, 0.1) is 12.9 Å². The second kappa shape index (κ2) is 9.90. The topological polar surface area (TPSA) is 90.1 Å². The molecule has 0 spiro atoms. The van der Waals surface area contributed by atoms with Crippen LogP contribution in [0.25, 0.3) is 11.5 Å². The number of anilines is 1. The van der Waals surface area contributed by atoms with Crippen molar-refractivity contribution >= 4 is 23.4 Å². The van der Waals surface area contributed by atoms with Crippen molar-refractivity contribution in [1.82, 2.24) is 15.2 Å². The molecule has 0 aliphatic carbocycles. The van der Waals surface area contributed by atoms with Crippen LogP contribution in [0.1, 0.15) is 11.1 Å². The lowest BCUT2D eigenvalue weighted by Gasteiger charge is -2.06. The fraction of sp³-hybridized carbons (Fsp3) is 0.130. The minimum Gasteiger partial charge on any atom is -0.497 e. The molecule has 2 heterocycles. The zero-order valence-corrected chi connectivity index (χ0v) is 17.6. The number of pyridine rings is 1. The van der Waals surface area contributed by atoms with Gasteiger partial charge in [-0.1, -0.05) is 23.9 Å². The number of carbonyl (C=O) groups is 1. The third-order valence-electron chi connectivity index (χ3n) is 4.47. The Morgan fingerprint density at radius 3 is 2.39 bits per heavy atom. The van der Waals surface area contributed by atoms with Gasteiger partial charge in [-0.05, 0) is 66.1 Å². The van der Waals surface area contributed by atoms with E-state index in [-0.39, 0.29) is 11.7 Å². The summed E-state index contributed by atoms with van der Waals surface area (Å²) < 4.78 is 10.8. The summed E-state index contributed by atoms with van der Waals surface area (Å²) in [5, 5.41) is 11.3. The van der Waals surface area contributed by atoms with Crippen LogP contribution in [0, 0.1) is 0 Å². The lowest BCUT2D eigenvalue weighted by Crippen LogP contribution is -2.13. The second-order valence-corrected chi connectivity index (χ2v) is 7.59. The zero-order chi connectivity index (χ0) is 21.5. The van der Waals surface area contributed by atoms with E-state index in [1.54, 1.807) is 19.5 Å². The summed E-state index contributed by atoms with van der Waals surface area (Å²) in [6, 6.07) is 19.1. The molecule has 0 bridgehead atoms. The van der Waals surface area contributed by atoms with E-state index in [1.807, 2.05) is 60.7 Å². The maximum atomic E-state index is 12.3. The number of hydrogen-bond donors (Lipinski definition) is 1. The van der Waals surface area contributed by atoms with Gasteiger partial charge in [-0.3, -0.25) is 9.78 Å². The highest BCUT2D eigenvalue weighted by Crippen LogP contribution is 2.25. The molecule has 2 aromatic heterocycles. The van der Waals surface area contributed by atoms with Gasteiger partial charge < -0.3 is 14.5 Å². The molecule has 0 atom stereocenters. The molecule has 7 nitrogen and oxygen atoms in total. The molecule has 2 aromatic carbocycles. The highest BCUT2D eigenvalue weighted by atomic mass is 32.2. The number of benzene rings is 2. The number of rotatable bonds is 8. The van der Waals surface area contributed by atoms with Crippen LogP contribution in [-0.4, -0.2) is 34.0 Å². The van der Waals surface area contributed by atoms with E-state index < -0.39 is 0 Å². The lowest BCUT2D eigenvalue weighted by molar-refractivity contribution is -0.113. The van der Waals surface area contributed by atoms with Gasteiger partial charge in [0, 0.05) is 23.6 Å². The molecule has 1 N–H and O–H groups in total. The predicted molar refractivity (Wildman–Crippen MR) is 119 cm³/mol. The fourth-order valence-corrected chi connectivity index (χ4v) is 3.45. The average Bonchev–Trinajstić information content (AvgIpc) is 3.29. The Labute approximate surface area is 183 Å². The molecule has 0 unspecified atom stereocenters. The number of carbonyl (C=O) groups excluding carboxylic acids is 1. The minimum atomic E-state index is -0.143. The third-order valence-corrected chi connectivity index (χ3v) is 5.28. The molecular formula is C23H20N4O3S. The summed E-state index contributed by atoms with van der Waals surface area (Å²) in [5.74, 6) is 1.18. The van der Waals surface area contributed by atoms with Gasteiger partial charge in [-0.2, -0.15) is 0 Å². The monoisotopic (exact) mass is 432 g/mol. The van der Waals surface area contributed by atoms with Crippen LogP contribution in [-0.2, 0) is 11.2 Å². The van der Waals surface area contributed by atoms with E-state index >= 15 is 0 Å². The minimum absolute atomic E-state index is 0.143. The summed E-state index contributed by atoms with van der Waals surface area (Å²) in [6.45, 7) is 0. The number of aromatic nitrogens is 3. The van der Waals surface area contributed by atoms with Crippen molar-refractivity contribution in [3.05, 3.63) is 84.2 Å². The Hall–Kier alpha value is -3.65. The molecule has 0 fully saturated rings. The molecule has 1 amide bonds. The van der Waals surface area contributed by atoms with E-state index in [2.05, 4.69) is 20.5 Å². The number of hydrogen-bond acceptors (Lipinski definition) is 7. The maximum Gasteiger partial charge on any atom is 0.277 e. The molecular weight excluding hydrogens is 412 g/mol. The van der Waals surface area contributed by atoms with Gasteiger partial charge in [0.25, 0.3) is 5.22 Å². The summed E-state index contributed by atoms with van der Waals surface area (Å²) in [4.78, 5) is 16.3. The molecule has 4 aromatic rings. The van der Waals surface area contributed by atoms with E-state index in [0.717, 1.165) is 29.0 Å². The third kappa shape index (κ3) is 5.70. The molecule has 156 valence electrons. The number of methoxy groups -OCH3 is 1. The van der Waals surface area contributed by atoms with Crippen molar-refractivity contribution in [1.29, 1.82) is 0 Å². The van der Waals surface area contributed by atoms with Gasteiger partial charge in [-0.25, -0.2) is 0 Å². The van der Waals surface area contributed by atoms with Crippen molar-refractivity contribution < 1.29 is 13.9 Å². The summed E-state index contributed by atoms with van der Waals surface area (Å²) >= 11 is 1.19. The molecule has 0 saturated heterocycles. The van der Waals surface area contributed by atoms with Crippen LogP contribution in [0.3, 0.4) is 0 Å². The van der Waals surface area contributed by atoms with E-state index in [4.69, 9.17) is 9.15 Å². The Bertz CT molecular complexity index is 1130. The average molecular weight is 433 g/mol. The maximum absolute atomic E-state index is 12.3. The number of thioether (sulfide) groups is 1. The van der Waals surface area contributed by atoms with E-state index in [0.29, 0.717) is 11.1 Å². The fourth-order valence-electron chi connectivity index (χ4n) is 2.88. The molecule has 4 rings (SSSR count). The largest absolute Gasteiger partial charge is 0.497 e. The molecule has 0 aliphatic heterocycles. The Balaban J connectivity index is 1.28. The molecule has 8 heteroatoms. The SMILES string of the molecule is COc1ccc(-c2nnc(SCC(=O)Nc3ccc(Cc4ccncc4)cc3)o2)cc1. The van der Waals surface area contributed by atoms with Crippen LogP contribution in [0.4, 0.5) is 5.69 Å². The van der Waals surface area contributed by atoms with Crippen LogP contribution in [0.2, 0.25) is 0 Å². The summed E-state index contributed by atoms with van der Waals surface area (Å²) in [6.07, 6.45) is 4.39. The first-order valence-corrected chi connectivity index (χ1v) is 10.6. The van der Waals surface area contributed by atoms with Crippen LogP contribution in [0.15, 0.2) is 82.7 Å². The lowest BCUT2D eigenvalue weighted by atomic mass is 10.1. The number of nitrogens with zero attached hydrogens (tertiary/aromatic N) is 3. The molecule has 0 aliphatic rings. The first-order chi connectivity index (χ1) is 15.2.